The minimum Gasteiger partial charge on any atom is -0.366 e. The third-order valence-corrected chi connectivity index (χ3v) is 3.00. The van der Waals surface area contributed by atoms with Gasteiger partial charge in [0.15, 0.2) is 5.72 Å². The third-order valence-electron chi connectivity index (χ3n) is 2.38. The maximum atomic E-state index is 13.8. The molecule has 0 saturated carbocycles. The number of halogens is 2. The summed E-state index contributed by atoms with van der Waals surface area (Å²) in [6, 6.07) is 4.74. The van der Waals surface area contributed by atoms with Crippen LogP contribution >= 0.6 is 15.9 Å². The van der Waals surface area contributed by atoms with Crippen molar-refractivity contribution in [3.05, 3.63) is 46.7 Å². The van der Waals surface area contributed by atoms with Gasteiger partial charge in [-0.1, -0.05) is 12.1 Å². The Bertz CT molecular complexity index is 499. The number of hydrogen-bond acceptors (Lipinski definition) is 3. The maximum absolute atomic E-state index is 13.8. The molecule has 0 aliphatic carbocycles. The molecule has 1 heterocycles. The summed E-state index contributed by atoms with van der Waals surface area (Å²) in [7, 11) is 0. The van der Waals surface area contributed by atoms with Crippen molar-refractivity contribution in [1.82, 2.24) is 14.8 Å². The average molecular weight is 286 g/mol. The van der Waals surface area contributed by atoms with Crippen LogP contribution in [0, 0.1) is 5.82 Å². The summed E-state index contributed by atoms with van der Waals surface area (Å²) in [6.45, 7) is 1.47. The summed E-state index contributed by atoms with van der Waals surface area (Å²) in [6.07, 6.45) is 2.67. The Morgan fingerprint density at radius 1 is 1.38 bits per heavy atom. The molecule has 1 atom stereocenters. The summed E-state index contributed by atoms with van der Waals surface area (Å²) in [4.78, 5) is 0. The Labute approximate surface area is 99.9 Å². The first-order valence-corrected chi connectivity index (χ1v) is 5.34. The molecule has 0 spiro atoms. The van der Waals surface area contributed by atoms with E-state index in [0.717, 1.165) is 0 Å². The van der Waals surface area contributed by atoms with E-state index in [0.29, 0.717) is 4.47 Å². The summed E-state index contributed by atoms with van der Waals surface area (Å²) in [5, 5.41) is 17.4. The molecule has 2 aromatic rings. The van der Waals surface area contributed by atoms with Gasteiger partial charge in [0, 0.05) is 5.56 Å². The number of aliphatic hydroxyl groups is 1. The van der Waals surface area contributed by atoms with Crippen molar-refractivity contribution in [3.63, 3.8) is 0 Å². The third kappa shape index (κ3) is 1.74. The molecule has 0 radical (unpaired) electrons. The standard InChI is InChI=1S/C10H9BrFN3O/c1-10(16,15-5-13-14-6-15)7-3-2-4-8(11)9(7)12/h2-6,16H,1H3. The minimum atomic E-state index is -1.52. The molecule has 1 aromatic carbocycles. The lowest BCUT2D eigenvalue weighted by Gasteiger charge is -2.25. The van der Waals surface area contributed by atoms with Crippen molar-refractivity contribution >= 4 is 15.9 Å². The Morgan fingerprint density at radius 3 is 2.62 bits per heavy atom. The van der Waals surface area contributed by atoms with Gasteiger partial charge in [-0.05, 0) is 28.9 Å². The summed E-state index contributed by atoms with van der Waals surface area (Å²) < 4.78 is 15.5. The van der Waals surface area contributed by atoms with E-state index < -0.39 is 11.5 Å². The van der Waals surface area contributed by atoms with E-state index in [4.69, 9.17) is 0 Å². The molecule has 0 saturated heterocycles. The molecule has 2 rings (SSSR count). The van der Waals surface area contributed by atoms with Crippen molar-refractivity contribution in [2.75, 3.05) is 0 Å². The van der Waals surface area contributed by atoms with Crippen molar-refractivity contribution in [3.8, 4) is 0 Å². The molecule has 1 aromatic heterocycles. The normalized spacial score (nSPS) is 14.8. The van der Waals surface area contributed by atoms with Gasteiger partial charge >= 0.3 is 0 Å². The van der Waals surface area contributed by atoms with Gasteiger partial charge in [-0.15, -0.1) is 10.2 Å². The van der Waals surface area contributed by atoms with E-state index in [-0.39, 0.29) is 5.56 Å². The minimum absolute atomic E-state index is 0.154. The fourth-order valence-corrected chi connectivity index (χ4v) is 1.80. The van der Waals surface area contributed by atoms with Crippen LogP contribution in [0.2, 0.25) is 0 Å². The van der Waals surface area contributed by atoms with Crippen LogP contribution in [0.3, 0.4) is 0 Å². The molecule has 4 nitrogen and oxygen atoms in total. The zero-order valence-corrected chi connectivity index (χ0v) is 10.0. The SMILES string of the molecule is CC(O)(c1cccc(Br)c1F)n1cnnc1. The van der Waals surface area contributed by atoms with Crippen LogP contribution in [0.1, 0.15) is 12.5 Å². The van der Waals surface area contributed by atoms with Gasteiger partial charge in [0.05, 0.1) is 4.47 Å². The molecule has 0 amide bonds. The highest BCUT2D eigenvalue weighted by Crippen LogP contribution is 2.28. The van der Waals surface area contributed by atoms with Gasteiger partial charge < -0.3 is 5.11 Å². The topological polar surface area (TPSA) is 50.9 Å². The smallest absolute Gasteiger partial charge is 0.170 e. The van der Waals surface area contributed by atoms with E-state index >= 15 is 0 Å². The Balaban J connectivity index is 2.56. The zero-order valence-electron chi connectivity index (χ0n) is 8.43. The second kappa shape index (κ2) is 3.95. The first-order chi connectivity index (χ1) is 7.53. The van der Waals surface area contributed by atoms with Crippen LogP contribution < -0.4 is 0 Å². The molecule has 1 N–H and O–H groups in total. The van der Waals surface area contributed by atoms with Crippen molar-refractivity contribution in [2.45, 2.75) is 12.6 Å². The van der Waals surface area contributed by atoms with Gasteiger partial charge in [-0.25, -0.2) is 4.39 Å². The number of hydrogen-bond donors (Lipinski definition) is 1. The fraction of sp³-hybridized carbons (Fsp3) is 0.200. The lowest BCUT2D eigenvalue weighted by molar-refractivity contribution is 0.0212. The van der Waals surface area contributed by atoms with Crippen LogP contribution in [0.4, 0.5) is 4.39 Å². The molecule has 0 bridgehead atoms. The number of aromatic nitrogens is 3. The van der Waals surface area contributed by atoms with Gasteiger partial charge in [0.25, 0.3) is 0 Å². The van der Waals surface area contributed by atoms with Gasteiger partial charge in [-0.3, -0.25) is 4.57 Å². The molecular weight excluding hydrogens is 277 g/mol. The van der Waals surface area contributed by atoms with Crippen LogP contribution in [-0.2, 0) is 5.72 Å². The molecule has 6 heteroatoms. The van der Waals surface area contributed by atoms with Gasteiger partial charge in [-0.2, -0.15) is 0 Å². The lowest BCUT2D eigenvalue weighted by atomic mass is 10.0. The predicted molar refractivity (Wildman–Crippen MR) is 59.1 cm³/mol. The first-order valence-electron chi connectivity index (χ1n) is 4.55. The van der Waals surface area contributed by atoms with Crippen LogP contribution in [0.5, 0.6) is 0 Å². The molecule has 0 aliphatic rings. The van der Waals surface area contributed by atoms with Crippen LogP contribution in [0.25, 0.3) is 0 Å². The maximum Gasteiger partial charge on any atom is 0.170 e. The van der Waals surface area contributed by atoms with E-state index in [1.165, 1.54) is 30.2 Å². The molecule has 16 heavy (non-hydrogen) atoms. The first kappa shape index (κ1) is 11.2. The molecular formula is C10H9BrFN3O. The summed E-state index contributed by atoms with van der Waals surface area (Å²) in [5.41, 5.74) is -1.36. The van der Waals surface area contributed by atoms with Crippen LogP contribution in [0.15, 0.2) is 35.3 Å². The number of rotatable bonds is 2. The number of benzene rings is 1. The largest absolute Gasteiger partial charge is 0.366 e. The monoisotopic (exact) mass is 285 g/mol. The highest BCUT2D eigenvalue weighted by atomic mass is 79.9. The highest BCUT2D eigenvalue weighted by molar-refractivity contribution is 9.10. The predicted octanol–water partition coefficient (Wildman–Crippen LogP) is 1.89. The Morgan fingerprint density at radius 2 is 2.00 bits per heavy atom. The highest BCUT2D eigenvalue weighted by Gasteiger charge is 2.29. The van der Waals surface area contributed by atoms with E-state index in [2.05, 4.69) is 26.1 Å². The second-order valence-electron chi connectivity index (χ2n) is 3.49. The molecule has 84 valence electrons. The van der Waals surface area contributed by atoms with Crippen LogP contribution in [-0.4, -0.2) is 19.9 Å². The van der Waals surface area contributed by atoms with E-state index in [1.54, 1.807) is 12.1 Å². The van der Waals surface area contributed by atoms with Crippen molar-refractivity contribution < 1.29 is 9.50 Å². The van der Waals surface area contributed by atoms with E-state index in [9.17, 15) is 9.50 Å². The Kier molecular flexibility index (Phi) is 2.77. The lowest BCUT2D eigenvalue weighted by Crippen LogP contribution is -2.31. The van der Waals surface area contributed by atoms with Gasteiger partial charge in [0.2, 0.25) is 0 Å². The molecule has 0 aliphatic heterocycles. The quantitative estimate of drug-likeness (QED) is 0.917. The average Bonchev–Trinajstić information content (AvgIpc) is 2.75. The van der Waals surface area contributed by atoms with E-state index in [1.807, 2.05) is 0 Å². The van der Waals surface area contributed by atoms with Gasteiger partial charge in [0.1, 0.15) is 18.5 Å². The summed E-state index contributed by atoms with van der Waals surface area (Å²) in [5.74, 6) is -0.499. The molecule has 0 fully saturated rings. The summed E-state index contributed by atoms with van der Waals surface area (Å²) >= 11 is 3.08. The Hall–Kier alpha value is -1.27. The number of nitrogens with zero attached hydrogens (tertiary/aromatic N) is 3. The fourth-order valence-electron chi connectivity index (χ4n) is 1.43. The second-order valence-corrected chi connectivity index (χ2v) is 4.35. The van der Waals surface area contributed by atoms with Crippen molar-refractivity contribution in [1.29, 1.82) is 0 Å². The zero-order chi connectivity index (χ0) is 11.8. The molecule has 1 unspecified atom stereocenters. The van der Waals surface area contributed by atoms with Crippen molar-refractivity contribution in [2.24, 2.45) is 0 Å².